The molecule has 1 fully saturated rings. The number of rotatable bonds is 4. The Kier molecular flexibility index (Phi) is 6.09. The molecule has 1 saturated heterocycles. The summed E-state index contributed by atoms with van der Waals surface area (Å²) in [4.78, 5) is 23.1. The smallest absolute Gasteiger partial charge is 0.271 e. The summed E-state index contributed by atoms with van der Waals surface area (Å²) in [5.74, 6) is -0.0823. The average Bonchev–Trinajstić information content (AvgIpc) is 3.35. The van der Waals surface area contributed by atoms with Crippen LogP contribution in [0, 0.1) is 6.92 Å². The van der Waals surface area contributed by atoms with E-state index in [1.165, 1.54) is 0 Å². The Labute approximate surface area is 196 Å². The standard InChI is InChI=1S/C23H24N6O3.ClH/c1-13-8-14(5-6-25-13)23-26-20(22(24)31)21(32-23)17-10-18-15(11-28(2)27-18)9-19(17)29-7-3-4-16(30)12-29;/h5-6,8-11,16,30H,3-4,7,12H2,1-2H3,(H2,24,31);1H. The van der Waals surface area contributed by atoms with E-state index in [2.05, 4.69) is 20.0 Å². The SMILES string of the molecule is Cc1cc(-c2nc(C(N)=O)c(-c3cc4nn(C)cc4cc3N3CCCC(O)C3)o2)ccn1.Cl. The largest absolute Gasteiger partial charge is 0.435 e. The molecule has 9 nitrogen and oxygen atoms in total. The van der Waals surface area contributed by atoms with Gasteiger partial charge in [-0.2, -0.15) is 5.10 Å². The molecule has 1 atom stereocenters. The molecule has 1 aliphatic heterocycles. The van der Waals surface area contributed by atoms with Gasteiger partial charge < -0.3 is 20.2 Å². The fraction of sp³-hybridized carbons (Fsp3) is 0.304. The van der Waals surface area contributed by atoms with Gasteiger partial charge in [0.1, 0.15) is 0 Å². The lowest BCUT2D eigenvalue weighted by molar-refractivity contribution is 0.0996. The number of aromatic nitrogens is 4. The maximum Gasteiger partial charge on any atom is 0.271 e. The predicted molar refractivity (Wildman–Crippen MR) is 127 cm³/mol. The number of amides is 1. The number of oxazole rings is 1. The van der Waals surface area contributed by atoms with Crippen molar-refractivity contribution in [1.82, 2.24) is 19.7 Å². The maximum absolute atomic E-state index is 12.3. The van der Waals surface area contributed by atoms with Crippen LogP contribution in [-0.4, -0.2) is 50.0 Å². The van der Waals surface area contributed by atoms with E-state index in [1.807, 2.05) is 38.4 Å². The van der Waals surface area contributed by atoms with Crippen LogP contribution in [0.1, 0.15) is 29.0 Å². The summed E-state index contributed by atoms with van der Waals surface area (Å²) in [6, 6.07) is 7.51. The Morgan fingerprint density at radius 1 is 1.30 bits per heavy atom. The van der Waals surface area contributed by atoms with Gasteiger partial charge in [0.15, 0.2) is 11.5 Å². The molecule has 3 aromatic heterocycles. The molecule has 0 saturated carbocycles. The number of carbonyl (C=O) groups is 1. The van der Waals surface area contributed by atoms with Gasteiger partial charge in [-0.3, -0.25) is 14.5 Å². The van der Waals surface area contributed by atoms with Crippen LogP contribution in [0.4, 0.5) is 5.69 Å². The first kappa shape index (κ1) is 22.8. The van der Waals surface area contributed by atoms with Crippen LogP contribution < -0.4 is 10.6 Å². The van der Waals surface area contributed by atoms with Gasteiger partial charge in [0.25, 0.3) is 5.91 Å². The normalized spacial score (nSPS) is 16.1. The molecule has 172 valence electrons. The lowest BCUT2D eigenvalue weighted by Crippen LogP contribution is -2.38. The highest BCUT2D eigenvalue weighted by atomic mass is 35.5. The number of hydrogen-bond donors (Lipinski definition) is 2. The van der Waals surface area contributed by atoms with Crippen molar-refractivity contribution in [1.29, 1.82) is 0 Å². The van der Waals surface area contributed by atoms with Crippen molar-refractivity contribution in [2.24, 2.45) is 12.8 Å². The number of β-amino-alcohol motifs (C(OH)–C–C–N with tert-alkyl or cyclic N) is 1. The number of nitrogens with zero attached hydrogens (tertiary/aromatic N) is 5. The number of halogens is 1. The molecule has 10 heteroatoms. The van der Waals surface area contributed by atoms with Crippen molar-refractivity contribution in [2.75, 3.05) is 18.0 Å². The molecule has 3 N–H and O–H groups in total. The Balaban J connectivity index is 0.00000259. The van der Waals surface area contributed by atoms with Gasteiger partial charge in [-0.05, 0) is 44.0 Å². The van der Waals surface area contributed by atoms with Crippen molar-refractivity contribution in [3.63, 3.8) is 0 Å². The number of aliphatic hydroxyl groups is 1. The van der Waals surface area contributed by atoms with E-state index in [0.717, 1.165) is 41.7 Å². The second-order valence-electron chi connectivity index (χ2n) is 8.22. The third kappa shape index (κ3) is 4.29. The molecule has 0 aliphatic carbocycles. The number of piperidine rings is 1. The number of carbonyl (C=O) groups excluding carboxylic acids is 1. The summed E-state index contributed by atoms with van der Waals surface area (Å²) < 4.78 is 7.89. The zero-order valence-electron chi connectivity index (χ0n) is 18.4. The first-order valence-electron chi connectivity index (χ1n) is 10.5. The maximum atomic E-state index is 12.3. The van der Waals surface area contributed by atoms with E-state index >= 15 is 0 Å². The number of nitrogens with two attached hydrogens (primary N) is 1. The monoisotopic (exact) mass is 468 g/mol. The van der Waals surface area contributed by atoms with E-state index in [1.54, 1.807) is 16.9 Å². The number of hydrogen-bond acceptors (Lipinski definition) is 7. The quantitative estimate of drug-likeness (QED) is 0.471. The lowest BCUT2D eigenvalue weighted by atomic mass is 10.0. The number of benzene rings is 1. The van der Waals surface area contributed by atoms with Crippen molar-refractivity contribution in [3.05, 3.63) is 48.0 Å². The van der Waals surface area contributed by atoms with Gasteiger partial charge >= 0.3 is 0 Å². The molecular formula is C23H25ClN6O3. The highest BCUT2D eigenvalue weighted by Gasteiger charge is 2.27. The average molecular weight is 469 g/mol. The van der Waals surface area contributed by atoms with E-state index in [-0.39, 0.29) is 18.1 Å². The van der Waals surface area contributed by atoms with Crippen LogP contribution in [0.25, 0.3) is 33.7 Å². The third-order valence-corrected chi connectivity index (χ3v) is 5.72. The van der Waals surface area contributed by atoms with Gasteiger partial charge in [0.05, 0.1) is 11.6 Å². The number of pyridine rings is 1. The molecule has 1 unspecified atom stereocenters. The second kappa shape index (κ2) is 8.84. The van der Waals surface area contributed by atoms with Crippen LogP contribution in [0.5, 0.6) is 0 Å². The topological polar surface area (TPSA) is 123 Å². The lowest BCUT2D eigenvalue weighted by Gasteiger charge is -2.33. The fourth-order valence-electron chi connectivity index (χ4n) is 4.27. The molecule has 0 bridgehead atoms. The Morgan fingerprint density at radius 2 is 2.12 bits per heavy atom. The van der Waals surface area contributed by atoms with Crippen molar-refractivity contribution < 1.29 is 14.3 Å². The molecule has 4 aromatic rings. The van der Waals surface area contributed by atoms with Gasteiger partial charge in [0, 0.05) is 60.4 Å². The van der Waals surface area contributed by atoms with Crippen LogP contribution in [-0.2, 0) is 7.05 Å². The van der Waals surface area contributed by atoms with E-state index in [4.69, 9.17) is 10.2 Å². The first-order valence-corrected chi connectivity index (χ1v) is 10.5. The van der Waals surface area contributed by atoms with Crippen molar-refractivity contribution in [2.45, 2.75) is 25.9 Å². The molecule has 33 heavy (non-hydrogen) atoms. The molecule has 1 amide bonds. The summed E-state index contributed by atoms with van der Waals surface area (Å²) in [5, 5.41) is 15.7. The highest BCUT2D eigenvalue weighted by molar-refractivity contribution is 6.01. The number of aryl methyl sites for hydroxylation is 2. The Hall–Kier alpha value is -3.43. The van der Waals surface area contributed by atoms with Gasteiger partial charge in [-0.25, -0.2) is 4.98 Å². The predicted octanol–water partition coefficient (Wildman–Crippen LogP) is 3.08. The zero-order valence-corrected chi connectivity index (χ0v) is 19.2. The number of aliphatic hydroxyl groups excluding tert-OH is 1. The Morgan fingerprint density at radius 3 is 2.85 bits per heavy atom. The summed E-state index contributed by atoms with van der Waals surface area (Å²) in [7, 11) is 1.86. The van der Waals surface area contributed by atoms with E-state index in [9.17, 15) is 9.90 Å². The van der Waals surface area contributed by atoms with Gasteiger partial charge in [0.2, 0.25) is 5.89 Å². The fourth-order valence-corrected chi connectivity index (χ4v) is 4.27. The van der Waals surface area contributed by atoms with Crippen LogP contribution in [0.2, 0.25) is 0 Å². The zero-order chi connectivity index (χ0) is 22.4. The Bertz CT molecular complexity index is 1330. The second-order valence-corrected chi connectivity index (χ2v) is 8.22. The van der Waals surface area contributed by atoms with Gasteiger partial charge in [-0.15, -0.1) is 12.4 Å². The minimum Gasteiger partial charge on any atom is -0.435 e. The van der Waals surface area contributed by atoms with Crippen LogP contribution >= 0.6 is 12.4 Å². The first-order chi connectivity index (χ1) is 15.4. The summed E-state index contributed by atoms with van der Waals surface area (Å²) in [6.07, 6.45) is 4.82. The highest BCUT2D eigenvalue weighted by Crippen LogP contribution is 2.39. The molecule has 0 spiro atoms. The molecule has 1 aromatic carbocycles. The molecule has 4 heterocycles. The molecule has 0 radical (unpaired) electrons. The summed E-state index contributed by atoms with van der Waals surface area (Å²) >= 11 is 0. The van der Waals surface area contributed by atoms with Crippen LogP contribution in [0.3, 0.4) is 0 Å². The third-order valence-electron chi connectivity index (χ3n) is 5.72. The van der Waals surface area contributed by atoms with Crippen molar-refractivity contribution >= 4 is 34.9 Å². The van der Waals surface area contributed by atoms with Gasteiger partial charge in [-0.1, -0.05) is 0 Å². The molecule has 1 aliphatic rings. The minimum absolute atomic E-state index is 0. The summed E-state index contributed by atoms with van der Waals surface area (Å²) in [5.41, 5.74) is 9.55. The minimum atomic E-state index is -0.675. The molecular weight excluding hydrogens is 444 g/mol. The van der Waals surface area contributed by atoms with Crippen LogP contribution in [0.15, 0.2) is 41.1 Å². The van der Waals surface area contributed by atoms with Crippen molar-refractivity contribution in [3.8, 4) is 22.8 Å². The molecule has 5 rings (SSSR count). The van der Waals surface area contributed by atoms with E-state index in [0.29, 0.717) is 29.3 Å². The number of fused-ring (bicyclic) bond motifs is 1. The number of primary amides is 1. The number of anilines is 1. The summed E-state index contributed by atoms with van der Waals surface area (Å²) in [6.45, 7) is 3.15. The van der Waals surface area contributed by atoms with E-state index < -0.39 is 12.0 Å².